The third-order valence-electron chi connectivity index (χ3n) is 2.32. The Hall–Kier alpha value is -1.66. The lowest BCUT2D eigenvalue weighted by molar-refractivity contribution is 0.559. The highest BCUT2D eigenvalue weighted by Gasteiger charge is 2.05. The molecule has 1 atom stereocenters. The van der Waals surface area contributed by atoms with Gasteiger partial charge in [0.1, 0.15) is 0 Å². The molecule has 0 fully saturated rings. The van der Waals surface area contributed by atoms with Crippen molar-refractivity contribution in [2.75, 3.05) is 0 Å². The molecule has 0 radical (unpaired) electrons. The largest absolute Gasteiger partial charge is 0.235 e. The summed E-state index contributed by atoms with van der Waals surface area (Å²) >= 11 is 0. The fourth-order valence-electron chi connectivity index (χ4n) is 1.45. The number of hydrogen-bond donors (Lipinski definition) is 0. The molecule has 0 aliphatic rings. The van der Waals surface area contributed by atoms with Crippen LogP contribution in [0.5, 0.6) is 0 Å². The number of aryl methyl sites for hydroxylation is 1. The maximum absolute atomic E-state index is 10.2. The van der Waals surface area contributed by atoms with Crippen molar-refractivity contribution in [2.45, 2.75) is 26.8 Å². The normalized spacial score (nSPS) is 11.7. The third kappa shape index (κ3) is 2.90. The molecule has 1 aromatic rings. The van der Waals surface area contributed by atoms with E-state index in [0.29, 0.717) is 0 Å². The van der Waals surface area contributed by atoms with E-state index in [1.165, 1.54) is 0 Å². The Kier molecular flexibility index (Phi) is 3.59. The molecule has 78 valence electrons. The first-order chi connectivity index (χ1) is 7.04. The molecule has 2 heteroatoms. The van der Waals surface area contributed by atoms with E-state index in [1.807, 2.05) is 32.9 Å². The molecule has 0 aliphatic heterocycles. The van der Waals surface area contributed by atoms with Crippen LogP contribution >= 0.6 is 0 Å². The summed E-state index contributed by atoms with van der Waals surface area (Å²) in [6.45, 7) is 9.77. The number of nitrogens with zero attached hydrogens (tertiary/aromatic N) is 1. The van der Waals surface area contributed by atoms with Gasteiger partial charge in [-0.05, 0) is 38.0 Å². The van der Waals surface area contributed by atoms with Crippen molar-refractivity contribution in [1.29, 1.82) is 0 Å². The van der Waals surface area contributed by atoms with Gasteiger partial charge in [0.15, 0.2) is 0 Å². The van der Waals surface area contributed by atoms with Gasteiger partial charge in [0.25, 0.3) is 0 Å². The lowest BCUT2D eigenvalue weighted by atomic mass is 9.99. The fourth-order valence-corrected chi connectivity index (χ4v) is 1.45. The summed E-state index contributed by atoms with van der Waals surface area (Å²) in [7, 11) is 0. The Morgan fingerprint density at radius 2 is 2.13 bits per heavy atom. The molecular weight excluding hydrogens is 186 g/mol. The van der Waals surface area contributed by atoms with Crippen LogP contribution in [0, 0.1) is 6.92 Å². The van der Waals surface area contributed by atoms with Crippen molar-refractivity contribution in [3.05, 3.63) is 41.5 Å². The average molecular weight is 201 g/mol. The molecule has 0 saturated carbocycles. The first-order valence-electron chi connectivity index (χ1n) is 4.89. The highest BCUT2D eigenvalue weighted by Crippen LogP contribution is 2.22. The maximum Gasteiger partial charge on any atom is 0.235 e. The Morgan fingerprint density at radius 3 is 2.67 bits per heavy atom. The van der Waals surface area contributed by atoms with Crippen molar-refractivity contribution in [3.8, 4) is 0 Å². The number of rotatable bonds is 3. The molecule has 2 nitrogen and oxygen atoms in total. The topological polar surface area (TPSA) is 29.4 Å². The van der Waals surface area contributed by atoms with Crippen LogP contribution in [0.15, 0.2) is 29.8 Å². The second-order valence-corrected chi connectivity index (χ2v) is 3.81. The maximum atomic E-state index is 10.2. The first-order valence-corrected chi connectivity index (χ1v) is 4.89. The third-order valence-corrected chi connectivity index (χ3v) is 2.32. The minimum Gasteiger partial charge on any atom is -0.211 e. The zero-order valence-electron chi connectivity index (χ0n) is 9.37. The SMILES string of the molecule is C=C(C)c1cc(C)cc(C(C)N=C=O)c1. The quantitative estimate of drug-likeness (QED) is 0.544. The number of hydrogen-bond acceptors (Lipinski definition) is 2. The van der Waals surface area contributed by atoms with Crippen LogP contribution in [0.25, 0.3) is 5.57 Å². The molecule has 1 rings (SSSR count). The van der Waals surface area contributed by atoms with Crippen molar-refractivity contribution >= 4 is 11.7 Å². The van der Waals surface area contributed by atoms with Crippen LogP contribution < -0.4 is 0 Å². The standard InChI is InChI=1S/C13H15NO/c1-9(2)12-5-10(3)6-13(7-12)11(4)14-8-15/h5-7,11H,1H2,2-4H3. The zero-order chi connectivity index (χ0) is 11.4. The second kappa shape index (κ2) is 4.72. The lowest BCUT2D eigenvalue weighted by Crippen LogP contribution is -1.92. The Bertz CT molecular complexity index is 428. The molecular formula is C13H15NO. The predicted octanol–water partition coefficient (Wildman–Crippen LogP) is 3.42. The molecule has 0 heterocycles. The second-order valence-electron chi connectivity index (χ2n) is 3.81. The van der Waals surface area contributed by atoms with E-state index in [0.717, 1.165) is 22.3 Å². The van der Waals surface area contributed by atoms with E-state index >= 15 is 0 Å². The molecule has 0 saturated heterocycles. The monoisotopic (exact) mass is 201 g/mol. The van der Waals surface area contributed by atoms with Gasteiger partial charge in [-0.25, -0.2) is 4.79 Å². The summed E-state index contributed by atoms with van der Waals surface area (Å²) in [6, 6.07) is 5.97. The fraction of sp³-hybridized carbons (Fsp3) is 0.308. The van der Waals surface area contributed by atoms with Crippen LogP contribution in [0.1, 0.15) is 36.6 Å². The van der Waals surface area contributed by atoms with Gasteiger partial charge < -0.3 is 0 Å². The van der Waals surface area contributed by atoms with Gasteiger partial charge >= 0.3 is 0 Å². The van der Waals surface area contributed by atoms with Gasteiger partial charge in [0.05, 0.1) is 6.04 Å². The van der Waals surface area contributed by atoms with Crippen LogP contribution in [0.3, 0.4) is 0 Å². The van der Waals surface area contributed by atoms with Gasteiger partial charge in [-0.3, -0.25) is 0 Å². The number of isocyanates is 1. The van der Waals surface area contributed by atoms with Gasteiger partial charge in [0, 0.05) is 0 Å². The van der Waals surface area contributed by atoms with E-state index < -0.39 is 0 Å². The molecule has 0 aromatic heterocycles. The molecule has 15 heavy (non-hydrogen) atoms. The highest BCUT2D eigenvalue weighted by molar-refractivity contribution is 5.63. The summed E-state index contributed by atoms with van der Waals surface area (Å²) in [5.74, 6) is 0. The molecule has 0 spiro atoms. The summed E-state index contributed by atoms with van der Waals surface area (Å²) < 4.78 is 0. The molecule has 1 aromatic carbocycles. The van der Waals surface area contributed by atoms with E-state index in [1.54, 1.807) is 6.08 Å². The molecule has 0 N–H and O–H groups in total. The summed E-state index contributed by atoms with van der Waals surface area (Å²) in [5.41, 5.74) is 4.29. The minimum absolute atomic E-state index is 0.138. The van der Waals surface area contributed by atoms with Gasteiger partial charge in [0.2, 0.25) is 6.08 Å². The van der Waals surface area contributed by atoms with E-state index in [9.17, 15) is 4.79 Å². The van der Waals surface area contributed by atoms with Gasteiger partial charge in [-0.2, -0.15) is 4.99 Å². The molecule has 0 bridgehead atoms. The smallest absolute Gasteiger partial charge is 0.211 e. The van der Waals surface area contributed by atoms with Crippen molar-refractivity contribution in [3.63, 3.8) is 0 Å². The Labute approximate surface area is 90.4 Å². The number of allylic oxidation sites excluding steroid dienone is 1. The number of carbonyl (C=O) groups excluding carboxylic acids is 1. The van der Waals surface area contributed by atoms with Crippen LogP contribution in [-0.2, 0) is 4.79 Å². The van der Waals surface area contributed by atoms with E-state index in [4.69, 9.17) is 0 Å². The minimum atomic E-state index is -0.138. The Morgan fingerprint density at radius 1 is 1.47 bits per heavy atom. The van der Waals surface area contributed by atoms with E-state index in [2.05, 4.69) is 17.6 Å². The van der Waals surface area contributed by atoms with Crippen molar-refractivity contribution < 1.29 is 4.79 Å². The molecule has 0 aliphatic carbocycles. The average Bonchev–Trinajstić information content (AvgIpc) is 2.17. The van der Waals surface area contributed by atoms with Crippen LogP contribution in [0.2, 0.25) is 0 Å². The number of aliphatic imine (C=N–C) groups is 1. The van der Waals surface area contributed by atoms with Crippen molar-refractivity contribution in [1.82, 2.24) is 0 Å². The van der Waals surface area contributed by atoms with Crippen molar-refractivity contribution in [2.24, 2.45) is 4.99 Å². The first kappa shape index (κ1) is 11.4. The summed E-state index contributed by atoms with van der Waals surface area (Å²) in [6.07, 6.45) is 1.59. The van der Waals surface area contributed by atoms with Gasteiger partial charge in [-0.15, -0.1) is 0 Å². The summed E-state index contributed by atoms with van der Waals surface area (Å²) in [5, 5.41) is 0. The molecule has 1 unspecified atom stereocenters. The lowest BCUT2D eigenvalue weighted by Gasteiger charge is -2.09. The van der Waals surface area contributed by atoms with E-state index in [-0.39, 0.29) is 6.04 Å². The molecule has 0 amide bonds. The summed E-state index contributed by atoms with van der Waals surface area (Å²) in [4.78, 5) is 13.9. The van der Waals surface area contributed by atoms with Crippen LogP contribution in [0.4, 0.5) is 0 Å². The zero-order valence-corrected chi connectivity index (χ0v) is 9.37. The Balaban J connectivity index is 3.19. The van der Waals surface area contributed by atoms with Crippen LogP contribution in [-0.4, -0.2) is 6.08 Å². The highest BCUT2D eigenvalue weighted by atomic mass is 16.1. The predicted molar refractivity (Wildman–Crippen MR) is 62.4 cm³/mol. The number of benzene rings is 1. The van der Waals surface area contributed by atoms with Gasteiger partial charge in [-0.1, -0.05) is 29.8 Å².